The molecule has 1 heterocycles. The van der Waals surface area contributed by atoms with Gasteiger partial charge in [0.2, 0.25) is 5.91 Å². The summed E-state index contributed by atoms with van der Waals surface area (Å²) in [5, 5.41) is 9.41. The average Bonchev–Trinajstić information content (AvgIpc) is 2.79. The fraction of sp³-hybridized carbons (Fsp3) is 0.174. The van der Waals surface area contributed by atoms with E-state index in [0.29, 0.717) is 17.2 Å². The Kier molecular flexibility index (Phi) is 7.85. The van der Waals surface area contributed by atoms with Gasteiger partial charge in [-0.3, -0.25) is 9.69 Å². The van der Waals surface area contributed by atoms with Crippen LogP contribution in [0.3, 0.4) is 0 Å². The van der Waals surface area contributed by atoms with Gasteiger partial charge in [0.15, 0.2) is 5.69 Å². The third kappa shape index (κ3) is 7.29. The molecule has 3 aromatic rings. The third-order valence-electron chi connectivity index (χ3n) is 4.62. The second-order valence-corrected chi connectivity index (χ2v) is 7.17. The Hall–Kier alpha value is -4.41. The Morgan fingerprint density at radius 2 is 1.57 bits per heavy atom. The van der Waals surface area contributed by atoms with Gasteiger partial charge in [0.25, 0.3) is 0 Å². The van der Waals surface area contributed by atoms with Crippen LogP contribution in [0.25, 0.3) is 0 Å². The second kappa shape index (κ2) is 10.7. The van der Waals surface area contributed by atoms with Gasteiger partial charge in [0.05, 0.1) is 17.7 Å². The molecule has 1 amide bonds. The van der Waals surface area contributed by atoms with Crippen LogP contribution in [-0.4, -0.2) is 23.9 Å². The molecule has 3 rings (SSSR count). The van der Waals surface area contributed by atoms with E-state index in [9.17, 15) is 45.2 Å². The molecule has 0 unspecified atom stereocenters. The first-order valence-corrected chi connectivity index (χ1v) is 9.96. The molecule has 0 aliphatic carbocycles. The second-order valence-electron chi connectivity index (χ2n) is 7.17. The monoisotopic (exact) mass is 531 g/mol. The number of hydrogen-bond acceptors (Lipinski definition) is 5. The van der Waals surface area contributed by atoms with Crippen LogP contribution in [0.5, 0.6) is 11.5 Å². The van der Waals surface area contributed by atoms with Crippen LogP contribution in [0.2, 0.25) is 0 Å². The standard InChI is InChI=1S/C23H13F8N3O3/c24-21(25)36-16-7-3-15(4-8-16)34(19-10-14(22(26,27)28)12-33-18(19)11-32)20(35)9-13-1-5-17(6-2-13)37-23(29,30)31/h1-8,10,12,21H,9H2. The summed E-state index contributed by atoms with van der Waals surface area (Å²) in [6.07, 6.45) is -9.96. The summed E-state index contributed by atoms with van der Waals surface area (Å²) in [6, 6.07) is 10.5. The summed E-state index contributed by atoms with van der Waals surface area (Å²) in [7, 11) is 0. The van der Waals surface area contributed by atoms with E-state index in [0.717, 1.165) is 48.5 Å². The minimum Gasteiger partial charge on any atom is -0.435 e. The Bertz CT molecular complexity index is 1290. The molecule has 0 saturated carbocycles. The third-order valence-corrected chi connectivity index (χ3v) is 4.62. The molecule has 0 aliphatic rings. The predicted molar refractivity (Wildman–Crippen MR) is 111 cm³/mol. The van der Waals surface area contributed by atoms with Crippen molar-refractivity contribution in [2.45, 2.75) is 25.6 Å². The maximum Gasteiger partial charge on any atom is 0.573 e. The zero-order valence-electron chi connectivity index (χ0n) is 18.1. The topological polar surface area (TPSA) is 75.5 Å². The van der Waals surface area contributed by atoms with E-state index < -0.39 is 54.2 Å². The number of ether oxygens (including phenoxy) is 2. The number of amides is 1. The van der Waals surface area contributed by atoms with Gasteiger partial charge in [-0.1, -0.05) is 12.1 Å². The summed E-state index contributed by atoms with van der Waals surface area (Å²) in [4.78, 5) is 17.5. The van der Waals surface area contributed by atoms with Gasteiger partial charge < -0.3 is 9.47 Å². The zero-order valence-corrected chi connectivity index (χ0v) is 18.1. The highest BCUT2D eigenvalue weighted by Crippen LogP contribution is 2.36. The number of aromatic nitrogens is 1. The van der Waals surface area contributed by atoms with Crippen molar-refractivity contribution in [2.24, 2.45) is 0 Å². The lowest BCUT2D eigenvalue weighted by Crippen LogP contribution is -2.29. The molecule has 0 atom stereocenters. The van der Waals surface area contributed by atoms with E-state index in [1.807, 2.05) is 0 Å². The van der Waals surface area contributed by atoms with Gasteiger partial charge in [-0.25, -0.2) is 4.98 Å². The minimum atomic E-state index is -4.95. The minimum absolute atomic E-state index is 0.124. The fourth-order valence-corrected chi connectivity index (χ4v) is 3.12. The highest BCUT2D eigenvalue weighted by atomic mass is 19.4. The number of hydrogen-bond donors (Lipinski definition) is 0. The number of alkyl halides is 8. The Balaban J connectivity index is 2.03. The predicted octanol–water partition coefficient (Wildman–Crippen LogP) is 6.38. The highest BCUT2D eigenvalue weighted by molar-refractivity contribution is 6.02. The lowest BCUT2D eigenvalue weighted by atomic mass is 10.1. The summed E-state index contributed by atoms with van der Waals surface area (Å²) < 4.78 is 110. The molecule has 37 heavy (non-hydrogen) atoms. The Labute approximate surface area is 203 Å². The molecule has 0 saturated heterocycles. The van der Waals surface area contributed by atoms with E-state index in [1.165, 1.54) is 0 Å². The molecule has 14 heteroatoms. The van der Waals surface area contributed by atoms with Gasteiger partial charge in [-0.2, -0.15) is 27.2 Å². The lowest BCUT2D eigenvalue weighted by Gasteiger charge is -2.25. The van der Waals surface area contributed by atoms with Crippen LogP contribution < -0.4 is 14.4 Å². The van der Waals surface area contributed by atoms with E-state index >= 15 is 0 Å². The molecule has 1 aromatic heterocycles. The van der Waals surface area contributed by atoms with Gasteiger partial charge >= 0.3 is 19.2 Å². The molecule has 0 radical (unpaired) electrons. The van der Waals surface area contributed by atoms with Crippen LogP contribution in [0.1, 0.15) is 16.8 Å². The van der Waals surface area contributed by atoms with Gasteiger partial charge in [0.1, 0.15) is 17.6 Å². The fourth-order valence-electron chi connectivity index (χ4n) is 3.12. The first-order valence-electron chi connectivity index (χ1n) is 9.96. The number of rotatable bonds is 7. The quantitative estimate of drug-likeness (QED) is 0.331. The molecule has 6 nitrogen and oxygen atoms in total. The van der Waals surface area contributed by atoms with E-state index in [4.69, 9.17) is 0 Å². The molecule has 0 bridgehead atoms. The molecular formula is C23H13F8N3O3. The van der Waals surface area contributed by atoms with Crippen LogP contribution in [0.4, 0.5) is 46.5 Å². The van der Waals surface area contributed by atoms with Crippen molar-refractivity contribution >= 4 is 17.3 Å². The number of pyridine rings is 1. The maximum absolute atomic E-state index is 13.3. The van der Waals surface area contributed by atoms with Crippen molar-refractivity contribution in [1.82, 2.24) is 4.98 Å². The van der Waals surface area contributed by atoms with Crippen molar-refractivity contribution in [3.05, 3.63) is 77.6 Å². The Morgan fingerprint density at radius 1 is 0.973 bits per heavy atom. The number of carbonyl (C=O) groups excluding carboxylic acids is 1. The van der Waals surface area contributed by atoms with Gasteiger partial charge in [-0.15, -0.1) is 13.2 Å². The summed E-state index contributed by atoms with van der Waals surface area (Å²) in [6.45, 7) is -3.16. The molecular weight excluding hydrogens is 518 g/mol. The van der Waals surface area contributed by atoms with Gasteiger partial charge in [-0.05, 0) is 48.0 Å². The number of nitriles is 1. The molecule has 0 N–H and O–H groups in total. The first kappa shape index (κ1) is 27.2. The number of carbonyl (C=O) groups is 1. The van der Waals surface area contributed by atoms with Crippen molar-refractivity contribution in [3.8, 4) is 17.6 Å². The lowest BCUT2D eigenvalue weighted by molar-refractivity contribution is -0.274. The molecule has 0 aliphatic heterocycles. The molecule has 194 valence electrons. The number of nitrogens with zero attached hydrogens (tertiary/aromatic N) is 3. The molecule has 0 fully saturated rings. The maximum atomic E-state index is 13.3. The van der Waals surface area contributed by atoms with Crippen molar-refractivity contribution in [2.75, 3.05) is 4.90 Å². The Morgan fingerprint density at radius 3 is 2.08 bits per heavy atom. The van der Waals surface area contributed by atoms with Crippen LogP contribution in [0, 0.1) is 11.3 Å². The first-order chi connectivity index (χ1) is 17.3. The number of anilines is 2. The average molecular weight is 531 g/mol. The van der Waals surface area contributed by atoms with Crippen LogP contribution in [-0.2, 0) is 17.4 Å². The van der Waals surface area contributed by atoms with E-state index in [1.54, 1.807) is 6.07 Å². The van der Waals surface area contributed by atoms with Crippen molar-refractivity contribution < 1.29 is 49.4 Å². The normalized spacial score (nSPS) is 11.7. The van der Waals surface area contributed by atoms with Crippen molar-refractivity contribution in [3.63, 3.8) is 0 Å². The summed E-state index contributed by atoms with van der Waals surface area (Å²) in [5.74, 6) is -1.79. The highest BCUT2D eigenvalue weighted by Gasteiger charge is 2.34. The number of benzene rings is 2. The summed E-state index contributed by atoms with van der Waals surface area (Å²) >= 11 is 0. The SMILES string of the molecule is N#Cc1ncc(C(F)(F)F)cc1N(C(=O)Cc1ccc(OC(F)(F)F)cc1)c1ccc(OC(F)F)cc1. The summed E-state index contributed by atoms with van der Waals surface area (Å²) in [5.41, 5.74) is -2.35. The zero-order chi connectivity index (χ0) is 27.4. The molecule has 2 aromatic carbocycles. The van der Waals surface area contributed by atoms with E-state index in [-0.39, 0.29) is 17.0 Å². The van der Waals surface area contributed by atoms with Crippen LogP contribution in [0.15, 0.2) is 60.8 Å². The smallest absolute Gasteiger partial charge is 0.435 e. The van der Waals surface area contributed by atoms with E-state index in [2.05, 4.69) is 14.5 Å². The molecule has 0 spiro atoms. The largest absolute Gasteiger partial charge is 0.573 e. The van der Waals surface area contributed by atoms with Gasteiger partial charge in [0, 0.05) is 11.9 Å². The van der Waals surface area contributed by atoms with Crippen LogP contribution >= 0.6 is 0 Å². The van der Waals surface area contributed by atoms with Crippen molar-refractivity contribution in [1.29, 1.82) is 5.26 Å². The number of halogens is 8.